The molecule has 0 aliphatic carbocycles. The topological polar surface area (TPSA) is 59.6 Å². The number of benzene rings is 2. The van der Waals surface area contributed by atoms with Crippen molar-refractivity contribution in [3.8, 4) is 11.5 Å². The van der Waals surface area contributed by atoms with E-state index >= 15 is 0 Å². The van der Waals surface area contributed by atoms with Gasteiger partial charge in [0, 0.05) is 11.3 Å². The molecule has 0 radical (unpaired) electrons. The Kier molecular flexibility index (Phi) is 9.28. The maximum absolute atomic E-state index is 12.3. The number of hydrogen-bond acceptors (Lipinski definition) is 4. The zero-order valence-electron chi connectivity index (χ0n) is 16.5. The number of ether oxygens (including phenoxy) is 2. The molecule has 2 rings (SSSR count). The van der Waals surface area contributed by atoms with Crippen LogP contribution in [0.15, 0.2) is 48.5 Å². The summed E-state index contributed by atoms with van der Waals surface area (Å²) in [5.74, 6) is 1.29. The minimum Gasteiger partial charge on any atom is -0.494 e. The van der Waals surface area contributed by atoms with Gasteiger partial charge in [-0.1, -0.05) is 26.2 Å². The van der Waals surface area contributed by atoms with E-state index in [2.05, 4.69) is 17.6 Å². The summed E-state index contributed by atoms with van der Waals surface area (Å²) >= 11 is 5.22. The van der Waals surface area contributed by atoms with Crippen molar-refractivity contribution in [1.29, 1.82) is 0 Å². The molecule has 0 bridgehead atoms. The van der Waals surface area contributed by atoms with Gasteiger partial charge in [0.1, 0.15) is 11.5 Å². The van der Waals surface area contributed by atoms with E-state index in [0.29, 0.717) is 18.8 Å². The lowest BCUT2D eigenvalue weighted by Gasteiger charge is -2.11. The SMILES string of the molecule is CCCCCCOc1ccc(C(=O)NC(=S)Nc2ccc(OCC)cc2)cc1. The first-order valence-electron chi connectivity index (χ1n) is 9.70. The summed E-state index contributed by atoms with van der Waals surface area (Å²) in [4.78, 5) is 12.3. The molecular formula is C22H28N2O3S. The second-order valence-electron chi connectivity index (χ2n) is 6.30. The van der Waals surface area contributed by atoms with Crippen LogP contribution in [-0.2, 0) is 0 Å². The lowest BCUT2D eigenvalue weighted by atomic mass is 10.2. The van der Waals surface area contributed by atoms with Crippen LogP contribution in [-0.4, -0.2) is 24.2 Å². The van der Waals surface area contributed by atoms with Gasteiger partial charge in [0.15, 0.2) is 5.11 Å². The monoisotopic (exact) mass is 400 g/mol. The fourth-order valence-corrected chi connectivity index (χ4v) is 2.77. The van der Waals surface area contributed by atoms with Crippen LogP contribution in [0.3, 0.4) is 0 Å². The van der Waals surface area contributed by atoms with Crippen molar-refractivity contribution >= 4 is 28.9 Å². The molecule has 150 valence electrons. The lowest BCUT2D eigenvalue weighted by molar-refractivity contribution is 0.0977. The van der Waals surface area contributed by atoms with Crippen molar-refractivity contribution < 1.29 is 14.3 Å². The standard InChI is InChI=1S/C22H28N2O3S/c1-3-5-6-7-16-27-20-12-8-17(9-13-20)21(25)24-22(28)23-18-10-14-19(15-11-18)26-4-2/h8-15H,3-7,16H2,1-2H3,(H2,23,24,25,28). The average Bonchev–Trinajstić information content (AvgIpc) is 2.70. The van der Waals surface area contributed by atoms with Crippen LogP contribution >= 0.6 is 12.2 Å². The highest BCUT2D eigenvalue weighted by Gasteiger charge is 2.08. The third-order valence-corrected chi connectivity index (χ3v) is 4.24. The van der Waals surface area contributed by atoms with Crippen LogP contribution in [0.4, 0.5) is 5.69 Å². The van der Waals surface area contributed by atoms with Gasteiger partial charge in [-0.15, -0.1) is 0 Å². The number of anilines is 1. The molecule has 1 amide bonds. The Labute approximate surface area is 172 Å². The Balaban J connectivity index is 1.79. The van der Waals surface area contributed by atoms with Crippen LogP contribution in [0, 0.1) is 0 Å². The Morgan fingerprint density at radius 2 is 1.54 bits per heavy atom. The van der Waals surface area contributed by atoms with Crippen molar-refractivity contribution in [2.24, 2.45) is 0 Å². The number of rotatable bonds is 10. The molecule has 6 heteroatoms. The molecule has 0 aliphatic rings. The van der Waals surface area contributed by atoms with E-state index in [1.807, 2.05) is 31.2 Å². The predicted octanol–water partition coefficient (Wildman–Crippen LogP) is 5.17. The van der Waals surface area contributed by atoms with Gasteiger partial charge < -0.3 is 14.8 Å². The summed E-state index contributed by atoms with van der Waals surface area (Å²) in [5, 5.41) is 5.91. The maximum Gasteiger partial charge on any atom is 0.257 e. The Morgan fingerprint density at radius 1 is 0.893 bits per heavy atom. The molecule has 5 nitrogen and oxygen atoms in total. The van der Waals surface area contributed by atoms with E-state index in [1.165, 1.54) is 19.3 Å². The van der Waals surface area contributed by atoms with Crippen LogP contribution in [0.5, 0.6) is 11.5 Å². The van der Waals surface area contributed by atoms with Crippen molar-refractivity contribution in [3.05, 3.63) is 54.1 Å². The molecule has 0 unspecified atom stereocenters. The zero-order valence-corrected chi connectivity index (χ0v) is 17.3. The highest BCUT2D eigenvalue weighted by molar-refractivity contribution is 7.80. The van der Waals surface area contributed by atoms with Gasteiger partial charge in [-0.2, -0.15) is 0 Å². The molecule has 0 spiro atoms. The molecule has 28 heavy (non-hydrogen) atoms. The van der Waals surface area contributed by atoms with Gasteiger partial charge in [-0.05, 0) is 74.1 Å². The fourth-order valence-electron chi connectivity index (χ4n) is 2.56. The van der Waals surface area contributed by atoms with Crippen molar-refractivity contribution in [2.75, 3.05) is 18.5 Å². The second kappa shape index (κ2) is 12.0. The average molecular weight is 401 g/mol. The van der Waals surface area contributed by atoms with Crippen molar-refractivity contribution in [3.63, 3.8) is 0 Å². The lowest BCUT2D eigenvalue weighted by Crippen LogP contribution is -2.34. The Hall–Kier alpha value is -2.60. The summed E-state index contributed by atoms with van der Waals surface area (Å²) in [7, 11) is 0. The molecule has 0 aliphatic heterocycles. The quantitative estimate of drug-likeness (QED) is 0.425. The largest absolute Gasteiger partial charge is 0.494 e. The highest BCUT2D eigenvalue weighted by atomic mass is 32.1. The maximum atomic E-state index is 12.3. The summed E-state index contributed by atoms with van der Waals surface area (Å²) in [6.07, 6.45) is 4.66. The van der Waals surface area contributed by atoms with Gasteiger partial charge in [-0.3, -0.25) is 10.1 Å². The van der Waals surface area contributed by atoms with Gasteiger partial charge in [0.05, 0.1) is 13.2 Å². The van der Waals surface area contributed by atoms with E-state index in [9.17, 15) is 4.79 Å². The van der Waals surface area contributed by atoms with Crippen molar-refractivity contribution in [2.45, 2.75) is 39.5 Å². The zero-order chi connectivity index (χ0) is 20.2. The van der Waals surface area contributed by atoms with Crippen LogP contribution < -0.4 is 20.1 Å². The Bertz CT molecular complexity index is 745. The molecule has 0 heterocycles. The Morgan fingerprint density at radius 3 is 2.18 bits per heavy atom. The minimum atomic E-state index is -0.266. The van der Waals surface area contributed by atoms with Gasteiger partial charge >= 0.3 is 0 Å². The van der Waals surface area contributed by atoms with Gasteiger partial charge in [0.2, 0.25) is 0 Å². The molecule has 2 aromatic carbocycles. The summed E-state index contributed by atoms with van der Waals surface area (Å²) in [6.45, 7) is 5.43. The van der Waals surface area contributed by atoms with Crippen LogP contribution in [0.1, 0.15) is 49.9 Å². The molecule has 0 saturated heterocycles. The summed E-state index contributed by atoms with van der Waals surface area (Å²) in [6, 6.07) is 14.4. The fraction of sp³-hybridized carbons (Fsp3) is 0.364. The third-order valence-electron chi connectivity index (χ3n) is 4.03. The number of nitrogens with one attached hydrogen (secondary N) is 2. The minimum absolute atomic E-state index is 0.241. The van der Waals surface area contributed by atoms with Gasteiger partial charge in [-0.25, -0.2) is 0 Å². The predicted molar refractivity (Wildman–Crippen MR) is 117 cm³/mol. The second-order valence-corrected chi connectivity index (χ2v) is 6.71. The number of amides is 1. The first kappa shape index (κ1) is 21.7. The summed E-state index contributed by atoms with van der Waals surface area (Å²) in [5.41, 5.74) is 1.30. The first-order valence-corrected chi connectivity index (χ1v) is 10.1. The molecule has 2 N–H and O–H groups in total. The molecule has 0 fully saturated rings. The number of unbranched alkanes of at least 4 members (excludes halogenated alkanes) is 3. The third kappa shape index (κ3) is 7.56. The smallest absolute Gasteiger partial charge is 0.257 e. The number of hydrogen-bond donors (Lipinski definition) is 2. The number of thiocarbonyl (C=S) groups is 1. The van der Waals surface area contributed by atoms with E-state index in [1.54, 1.807) is 24.3 Å². The number of carbonyl (C=O) groups is 1. The first-order chi connectivity index (χ1) is 13.6. The normalized spacial score (nSPS) is 10.2. The van der Waals surface area contributed by atoms with E-state index in [4.69, 9.17) is 21.7 Å². The molecule has 0 aromatic heterocycles. The van der Waals surface area contributed by atoms with E-state index < -0.39 is 0 Å². The van der Waals surface area contributed by atoms with Crippen LogP contribution in [0.25, 0.3) is 0 Å². The molecular weight excluding hydrogens is 372 g/mol. The van der Waals surface area contributed by atoms with E-state index in [0.717, 1.165) is 23.6 Å². The van der Waals surface area contributed by atoms with E-state index in [-0.39, 0.29) is 11.0 Å². The molecule has 0 saturated carbocycles. The van der Waals surface area contributed by atoms with Crippen molar-refractivity contribution in [1.82, 2.24) is 5.32 Å². The summed E-state index contributed by atoms with van der Waals surface area (Å²) < 4.78 is 11.1. The van der Waals surface area contributed by atoms with Gasteiger partial charge in [0.25, 0.3) is 5.91 Å². The highest BCUT2D eigenvalue weighted by Crippen LogP contribution is 2.16. The number of carbonyl (C=O) groups excluding carboxylic acids is 1. The molecule has 2 aromatic rings. The van der Waals surface area contributed by atoms with Crippen LogP contribution in [0.2, 0.25) is 0 Å². The molecule has 0 atom stereocenters.